The molecular formula is C15H19N3. The fraction of sp³-hybridized carbons (Fsp3) is 0.333. The first-order chi connectivity index (χ1) is 8.71. The zero-order chi connectivity index (χ0) is 13.0. The number of benzene rings is 1. The lowest BCUT2D eigenvalue weighted by Crippen LogP contribution is -2.02. The smallest absolute Gasteiger partial charge is 0.227 e. The number of aromatic nitrogens is 2. The highest BCUT2D eigenvalue weighted by atomic mass is 15.1. The van der Waals surface area contributed by atoms with E-state index in [9.17, 15) is 0 Å². The van der Waals surface area contributed by atoms with Gasteiger partial charge in [0.1, 0.15) is 0 Å². The van der Waals surface area contributed by atoms with Crippen molar-refractivity contribution in [2.24, 2.45) is 0 Å². The van der Waals surface area contributed by atoms with Crippen LogP contribution in [-0.2, 0) is 12.8 Å². The summed E-state index contributed by atoms with van der Waals surface area (Å²) >= 11 is 0. The van der Waals surface area contributed by atoms with Gasteiger partial charge in [-0.1, -0.05) is 31.5 Å². The van der Waals surface area contributed by atoms with Crippen LogP contribution in [0.4, 0.5) is 11.6 Å². The van der Waals surface area contributed by atoms with Crippen molar-refractivity contribution in [3.63, 3.8) is 0 Å². The van der Waals surface area contributed by atoms with Crippen molar-refractivity contribution in [1.29, 1.82) is 0 Å². The van der Waals surface area contributed by atoms with E-state index in [-0.39, 0.29) is 0 Å². The van der Waals surface area contributed by atoms with Gasteiger partial charge in [-0.3, -0.25) is 0 Å². The third-order valence-electron chi connectivity index (χ3n) is 2.86. The lowest BCUT2D eigenvalue weighted by Gasteiger charge is -2.08. The van der Waals surface area contributed by atoms with Crippen LogP contribution in [0.15, 0.2) is 30.3 Å². The minimum absolute atomic E-state index is 0.690. The summed E-state index contributed by atoms with van der Waals surface area (Å²) in [6.45, 7) is 6.29. The number of anilines is 2. The van der Waals surface area contributed by atoms with Gasteiger partial charge in [-0.15, -0.1) is 0 Å². The number of aryl methyl sites for hydroxylation is 3. The Morgan fingerprint density at radius 3 is 2.00 bits per heavy atom. The van der Waals surface area contributed by atoms with Crippen molar-refractivity contribution in [3.05, 3.63) is 47.3 Å². The first-order valence-corrected chi connectivity index (χ1v) is 6.41. The van der Waals surface area contributed by atoms with Gasteiger partial charge in [-0.2, -0.15) is 0 Å². The SMILES string of the molecule is CCc1cc(CC)nc(Nc2ccc(C)cc2)n1. The van der Waals surface area contributed by atoms with E-state index in [4.69, 9.17) is 0 Å². The molecule has 0 aliphatic carbocycles. The number of hydrogen-bond donors (Lipinski definition) is 1. The van der Waals surface area contributed by atoms with Crippen molar-refractivity contribution in [2.75, 3.05) is 5.32 Å². The zero-order valence-corrected chi connectivity index (χ0v) is 11.2. The highest BCUT2D eigenvalue weighted by Gasteiger charge is 2.03. The molecule has 0 saturated heterocycles. The molecule has 0 spiro atoms. The van der Waals surface area contributed by atoms with Gasteiger partial charge in [0.25, 0.3) is 0 Å². The van der Waals surface area contributed by atoms with Crippen molar-refractivity contribution in [3.8, 4) is 0 Å². The number of nitrogens with one attached hydrogen (secondary N) is 1. The van der Waals surface area contributed by atoms with Gasteiger partial charge in [0.05, 0.1) is 0 Å². The molecule has 0 radical (unpaired) electrons. The fourth-order valence-corrected chi connectivity index (χ4v) is 1.74. The maximum absolute atomic E-state index is 4.50. The van der Waals surface area contributed by atoms with Crippen LogP contribution in [-0.4, -0.2) is 9.97 Å². The molecule has 0 fully saturated rings. The van der Waals surface area contributed by atoms with Gasteiger partial charge in [-0.05, 0) is 38.0 Å². The maximum atomic E-state index is 4.50. The lowest BCUT2D eigenvalue weighted by atomic mass is 10.2. The van der Waals surface area contributed by atoms with Crippen molar-refractivity contribution in [2.45, 2.75) is 33.6 Å². The summed E-state index contributed by atoms with van der Waals surface area (Å²) in [7, 11) is 0. The molecule has 2 rings (SSSR count). The largest absolute Gasteiger partial charge is 0.324 e. The molecule has 0 bridgehead atoms. The Balaban J connectivity index is 2.25. The molecule has 0 aliphatic rings. The van der Waals surface area contributed by atoms with Gasteiger partial charge in [0.2, 0.25) is 5.95 Å². The van der Waals surface area contributed by atoms with Crippen LogP contribution in [0, 0.1) is 6.92 Å². The van der Waals surface area contributed by atoms with E-state index in [1.54, 1.807) is 0 Å². The quantitative estimate of drug-likeness (QED) is 0.887. The first kappa shape index (κ1) is 12.6. The Morgan fingerprint density at radius 2 is 1.50 bits per heavy atom. The Morgan fingerprint density at radius 1 is 0.944 bits per heavy atom. The minimum atomic E-state index is 0.690. The van der Waals surface area contributed by atoms with E-state index >= 15 is 0 Å². The molecule has 3 heteroatoms. The van der Waals surface area contributed by atoms with Crippen LogP contribution in [0.5, 0.6) is 0 Å². The first-order valence-electron chi connectivity index (χ1n) is 6.41. The van der Waals surface area contributed by atoms with Crippen LogP contribution >= 0.6 is 0 Å². The second kappa shape index (κ2) is 5.63. The van der Waals surface area contributed by atoms with E-state index in [0.29, 0.717) is 5.95 Å². The Bertz CT molecular complexity index is 496. The molecule has 18 heavy (non-hydrogen) atoms. The summed E-state index contributed by atoms with van der Waals surface area (Å²) < 4.78 is 0. The Kier molecular flexibility index (Phi) is 3.92. The van der Waals surface area contributed by atoms with Crippen molar-refractivity contribution in [1.82, 2.24) is 9.97 Å². The topological polar surface area (TPSA) is 37.8 Å². The second-order valence-electron chi connectivity index (χ2n) is 4.37. The van der Waals surface area contributed by atoms with E-state index in [2.05, 4.69) is 54.3 Å². The molecule has 1 N–H and O–H groups in total. The summed E-state index contributed by atoms with van der Waals surface area (Å²) in [5, 5.41) is 3.26. The molecule has 1 aromatic carbocycles. The molecule has 3 nitrogen and oxygen atoms in total. The molecule has 2 aromatic rings. The monoisotopic (exact) mass is 241 g/mol. The van der Waals surface area contributed by atoms with E-state index in [1.165, 1.54) is 5.56 Å². The normalized spacial score (nSPS) is 10.4. The highest BCUT2D eigenvalue weighted by molar-refractivity contribution is 5.53. The van der Waals surface area contributed by atoms with Crippen molar-refractivity contribution < 1.29 is 0 Å². The summed E-state index contributed by atoms with van der Waals surface area (Å²) in [5.74, 6) is 0.690. The minimum Gasteiger partial charge on any atom is -0.324 e. The third kappa shape index (κ3) is 3.06. The van der Waals surface area contributed by atoms with Crippen LogP contribution in [0.1, 0.15) is 30.8 Å². The molecule has 1 aromatic heterocycles. The predicted molar refractivity (Wildman–Crippen MR) is 75.2 cm³/mol. The molecule has 0 atom stereocenters. The molecule has 94 valence electrons. The van der Waals surface area contributed by atoms with Crippen molar-refractivity contribution >= 4 is 11.6 Å². The molecule has 0 saturated carbocycles. The zero-order valence-electron chi connectivity index (χ0n) is 11.2. The molecule has 0 amide bonds. The van der Waals surface area contributed by atoms with E-state index in [1.807, 2.05) is 12.1 Å². The van der Waals surface area contributed by atoms with Gasteiger partial charge in [0, 0.05) is 17.1 Å². The number of hydrogen-bond acceptors (Lipinski definition) is 3. The van der Waals surface area contributed by atoms with Crippen LogP contribution in [0.3, 0.4) is 0 Å². The Labute approximate surface area is 108 Å². The summed E-state index contributed by atoms with van der Waals surface area (Å²) in [6.07, 6.45) is 1.86. The van der Waals surface area contributed by atoms with Crippen LogP contribution in [0.2, 0.25) is 0 Å². The molecule has 1 heterocycles. The second-order valence-corrected chi connectivity index (χ2v) is 4.37. The van der Waals surface area contributed by atoms with Gasteiger partial charge < -0.3 is 5.32 Å². The summed E-state index contributed by atoms with van der Waals surface area (Å²) in [5.41, 5.74) is 4.43. The number of nitrogens with zero attached hydrogens (tertiary/aromatic N) is 2. The average molecular weight is 241 g/mol. The van der Waals surface area contributed by atoms with Gasteiger partial charge >= 0.3 is 0 Å². The van der Waals surface area contributed by atoms with E-state index < -0.39 is 0 Å². The number of rotatable bonds is 4. The predicted octanol–water partition coefficient (Wildman–Crippen LogP) is 3.65. The molecule has 0 aliphatic heterocycles. The van der Waals surface area contributed by atoms with Gasteiger partial charge in [-0.25, -0.2) is 9.97 Å². The van der Waals surface area contributed by atoms with Gasteiger partial charge in [0.15, 0.2) is 0 Å². The summed E-state index contributed by atoms with van der Waals surface area (Å²) in [4.78, 5) is 8.99. The third-order valence-corrected chi connectivity index (χ3v) is 2.86. The van der Waals surface area contributed by atoms with E-state index in [0.717, 1.165) is 29.9 Å². The average Bonchev–Trinajstić information content (AvgIpc) is 2.41. The van der Waals surface area contributed by atoms with Crippen LogP contribution in [0.25, 0.3) is 0 Å². The molecule has 0 unspecified atom stereocenters. The highest BCUT2D eigenvalue weighted by Crippen LogP contribution is 2.15. The summed E-state index contributed by atoms with van der Waals surface area (Å²) in [6, 6.07) is 10.3. The molecular weight excluding hydrogens is 222 g/mol. The fourth-order valence-electron chi connectivity index (χ4n) is 1.74. The van der Waals surface area contributed by atoms with Crippen LogP contribution < -0.4 is 5.32 Å². The maximum Gasteiger partial charge on any atom is 0.227 e. The standard InChI is InChI=1S/C15H19N3/c1-4-12-10-13(5-2)17-15(16-12)18-14-8-6-11(3)7-9-14/h6-10H,4-5H2,1-3H3,(H,16,17,18). The lowest BCUT2D eigenvalue weighted by molar-refractivity contribution is 0.943. The Hall–Kier alpha value is -1.90.